The minimum atomic E-state index is -0.552. The number of imide groups is 3. The number of amides is 3. The topological polar surface area (TPSA) is 54.5 Å². The third kappa shape index (κ3) is 2.28. The van der Waals surface area contributed by atoms with Crippen molar-refractivity contribution in [3.05, 3.63) is 32.7 Å². The van der Waals surface area contributed by atoms with E-state index in [2.05, 4.69) is 63.7 Å². The van der Waals surface area contributed by atoms with Crippen LogP contribution in [0.1, 0.15) is 16.8 Å². The van der Waals surface area contributed by atoms with Gasteiger partial charge in [0.1, 0.15) is 0 Å². The van der Waals surface area contributed by atoms with Crippen LogP contribution in [0.3, 0.4) is 0 Å². The summed E-state index contributed by atoms with van der Waals surface area (Å²) in [6, 6.07) is 5.13. The van der Waals surface area contributed by atoms with Crippen molar-refractivity contribution in [2.75, 3.05) is 0 Å². The number of hydrogen-bond donors (Lipinski definition) is 0. The summed E-state index contributed by atoms with van der Waals surface area (Å²) in [6.45, 7) is 0. The molecule has 1 aromatic carbocycles. The molecule has 4 rings (SSSR count). The van der Waals surface area contributed by atoms with Crippen molar-refractivity contribution in [2.45, 2.75) is 16.1 Å². The van der Waals surface area contributed by atoms with Crippen molar-refractivity contribution in [3.8, 4) is 0 Å². The van der Waals surface area contributed by atoms with Gasteiger partial charge in [-0.15, -0.1) is 0 Å². The standard InChI is InChI=1S/C16H11Br4NO3/c17-5-1-2-9(18)6(3-5)14(22)21-15(23)10-7-4-8(11(10)16(21)24)13(20)12(7)19/h1-3,7-8,10-13H,4H2. The molecule has 2 saturated carbocycles. The van der Waals surface area contributed by atoms with E-state index in [0.29, 0.717) is 10.0 Å². The van der Waals surface area contributed by atoms with E-state index in [1.807, 2.05) is 0 Å². The molecule has 0 aromatic heterocycles. The van der Waals surface area contributed by atoms with Gasteiger partial charge in [0.05, 0.1) is 17.4 Å². The number of rotatable bonds is 1. The summed E-state index contributed by atoms with van der Waals surface area (Å²) < 4.78 is 1.28. The van der Waals surface area contributed by atoms with Gasteiger partial charge in [-0.3, -0.25) is 14.4 Å². The number of hydrogen-bond acceptors (Lipinski definition) is 3. The van der Waals surface area contributed by atoms with Crippen LogP contribution in [-0.4, -0.2) is 32.3 Å². The Bertz CT molecular complexity index is 751. The summed E-state index contributed by atoms with van der Waals surface area (Å²) in [5.41, 5.74) is 0.309. The number of nitrogens with zero attached hydrogens (tertiary/aromatic N) is 1. The quantitative estimate of drug-likeness (QED) is 0.369. The van der Waals surface area contributed by atoms with Crippen molar-refractivity contribution in [1.82, 2.24) is 4.90 Å². The molecule has 8 heteroatoms. The van der Waals surface area contributed by atoms with Crippen molar-refractivity contribution < 1.29 is 14.4 Å². The first-order valence-electron chi connectivity index (χ1n) is 7.48. The first-order chi connectivity index (χ1) is 11.3. The Morgan fingerprint density at radius 1 is 1.00 bits per heavy atom. The molecule has 3 amide bonds. The van der Waals surface area contributed by atoms with Crippen LogP contribution in [0.5, 0.6) is 0 Å². The summed E-state index contributed by atoms with van der Waals surface area (Å²) >= 11 is 13.9. The summed E-state index contributed by atoms with van der Waals surface area (Å²) in [7, 11) is 0. The van der Waals surface area contributed by atoms with Crippen molar-refractivity contribution in [3.63, 3.8) is 0 Å². The number of carbonyl (C=O) groups is 3. The average molecular weight is 585 g/mol. The Morgan fingerprint density at radius 3 is 2.08 bits per heavy atom. The third-order valence-corrected chi connectivity index (χ3v) is 9.74. The molecule has 0 N–H and O–H groups in total. The normalized spacial score (nSPS) is 37.2. The molecule has 0 radical (unpaired) electrons. The van der Waals surface area contributed by atoms with Crippen molar-refractivity contribution >= 4 is 81.4 Å². The van der Waals surface area contributed by atoms with E-state index in [-0.39, 0.29) is 45.1 Å². The highest BCUT2D eigenvalue weighted by molar-refractivity contribution is 9.12. The van der Waals surface area contributed by atoms with E-state index >= 15 is 0 Å². The van der Waals surface area contributed by atoms with Crippen LogP contribution >= 0.6 is 63.7 Å². The van der Waals surface area contributed by atoms with E-state index in [4.69, 9.17) is 0 Å². The van der Waals surface area contributed by atoms with Gasteiger partial charge in [0.2, 0.25) is 11.8 Å². The van der Waals surface area contributed by atoms with Crippen LogP contribution < -0.4 is 0 Å². The van der Waals surface area contributed by atoms with Crippen LogP contribution in [0.15, 0.2) is 27.1 Å². The molecule has 3 aliphatic rings. The lowest BCUT2D eigenvalue weighted by molar-refractivity contribution is -0.137. The molecule has 6 atom stereocenters. The fourth-order valence-corrected chi connectivity index (χ4v) is 6.98. The lowest BCUT2D eigenvalue weighted by atomic mass is 9.81. The second kappa shape index (κ2) is 5.99. The summed E-state index contributed by atoms with van der Waals surface area (Å²) in [4.78, 5) is 39.8. The first-order valence-corrected chi connectivity index (χ1v) is 10.9. The largest absolute Gasteiger partial charge is 0.274 e. The van der Waals surface area contributed by atoms with Gasteiger partial charge in [-0.1, -0.05) is 47.8 Å². The smallest absolute Gasteiger partial charge is 0.268 e. The third-order valence-electron chi connectivity index (χ3n) is 5.35. The van der Waals surface area contributed by atoms with Gasteiger partial charge in [-0.25, -0.2) is 4.90 Å². The van der Waals surface area contributed by atoms with E-state index in [1.165, 1.54) is 0 Å². The molecule has 1 saturated heterocycles. The second-order valence-electron chi connectivity index (χ2n) is 6.45. The van der Waals surface area contributed by atoms with Crippen LogP contribution in [0, 0.1) is 23.7 Å². The van der Waals surface area contributed by atoms with E-state index in [9.17, 15) is 14.4 Å². The van der Waals surface area contributed by atoms with Crippen LogP contribution in [-0.2, 0) is 9.59 Å². The fraction of sp³-hybridized carbons (Fsp3) is 0.438. The van der Waals surface area contributed by atoms with Gasteiger partial charge < -0.3 is 0 Å². The minimum Gasteiger partial charge on any atom is -0.274 e. The van der Waals surface area contributed by atoms with Gasteiger partial charge in [-0.2, -0.15) is 0 Å². The highest BCUT2D eigenvalue weighted by atomic mass is 79.9. The van der Waals surface area contributed by atoms with E-state index < -0.39 is 5.91 Å². The highest BCUT2D eigenvalue weighted by Gasteiger charge is 2.67. The number of fused-ring (bicyclic) bond motifs is 5. The SMILES string of the molecule is O=C(c1cc(Br)ccc1Br)N1C(=O)C2C3CC(C(Br)C3Br)C2C1=O. The fourth-order valence-electron chi connectivity index (χ4n) is 4.33. The lowest BCUT2D eigenvalue weighted by Gasteiger charge is -2.28. The van der Waals surface area contributed by atoms with E-state index in [1.54, 1.807) is 18.2 Å². The summed E-state index contributed by atoms with van der Waals surface area (Å²) in [5, 5.41) is 0. The number of benzene rings is 1. The number of likely N-dealkylation sites (tertiary alicyclic amines) is 1. The maximum Gasteiger partial charge on any atom is 0.268 e. The molecule has 2 aliphatic carbocycles. The van der Waals surface area contributed by atoms with Gasteiger partial charge >= 0.3 is 0 Å². The lowest BCUT2D eigenvalue weighted by Crippen LogP contribution is -2.38. The zero-order chi connectivity index (χ0) is 17.3. The van der Waals surface area contributed by atoms with Crippen molar-refractivity contribution in [2.24, 2.45) is 23.7 Å². The Kier molecular flexibility index (Phi) is 4.34. The number of halogens is 4. The molecule has 1 aliphatic heterocycles. The van der Waals surface area contributed by atoms with E-state index in [0.717, 1.165) is 15.8 Å². The molecular formula is C16H11Br4NO3. The Morgan fingerprint density at radius 2 is 1.54 bits per heavy atom. The maximum atomic E-state index is 12.9. The van der Waals surface area contributed by atoms with Crippen LogP contribution in [0.4, 0.5) is 0 Å². The van der Waals surface area contributed by atoms with Gasteiger partial charge in [-0.05, 0) is 52.4 Å². The minimum absolute atomic E-state index is 0.101. The summed E-state index contributed by atoms with van der Waals surface area (Å²) in [5.74, 6) is -1.80. The second-order valence-corrected chi connectivity index (χ2v) is 10.3. The molecular weight excluding hydrogens is 574 g/mol. The average Bonchev–Trinajstić information content (AvgIpc) is 3.14. The molecule has 1 heterocycles. The Balaban J connectivity index is 1.71. The van der Waals surface area contributed by atoms with Crippen LogP contribution in [0.2, 0.25) is 0 Å². The molecule has 2 bridgehead atoms. The predicted octanol–water partition coefficient (Wildman–Crippen LogP) is 4.13. The van der Waals surface area contributed by atoms with Gasteiger partial charge in [0.15, 0.2) is 0 Å². The van der Waals surface area contributed by atoms with Crippen LogP contribution in [0.25, 0.3) is 0 Å². The maximum absolute atomic E-state index is 12.9. The molecule has 126 valence electrons. The number of alkyl halides is 2. The van der Waals surface area contributed by atoms with Gasteiger partial charge in [0.25, 0.3) is 5.91 Å². The Labute approximate surface area is 172 Å². The monoisotopic (exact) mass is 581 g/mol. The molecule has 24 heavy (non-hydrogen) atoms. The Hall–Kier alpha value is -0.0500. The zero-order valence-electron chi connectivity index (χ0n) is 12.1. The molecule has 4 nitrogen and oxygen atoms in total. The zero-order valence-corrected chi connectivity index (χ0v) is 18.4. The summed E-state index contributed by atoms with van der Waals surface area (Å²) in [6.07, 6.45) is 0.848. The molecule has 6 unspecified atom stereocenters. The number of carbonyl (C=O) groups excluding carboxylic acids is 3. The first kappa shape index (κ1) is 17.4. The van der Waals surface area contributed by atoms with Gasteiger partial charge in [0, 0.05) is 18.6 Å². The molecule has 1 aromatic rings. The predicted molar refractivity (Wildman–Crippen MR) is 102 cm³/mol. The van der Waals surface area contributed by atoms with Crippen molar-refractivity contribution in [1.29, 1.82) is 0 Å². The molecule has 3 fully saturated rings. The molecule has 0 spiro atoms. The highest BCUT2D eigenvalue weighted by Crippen LogP contribution is 2.60.